The Morgan fingerprint density at radius 3 is 2.63 bits per heavy atom. The molecule has 1 aromatic carbocycles. The summed E-state index contributed by atoms with van der Waals surface area (Å²) >= 11 is 7.25. The molecule has 7 nitrogen and oxygen atoms in total. The van der Waals surface area contributed by atoms with E-state index in [1.54, 1.807) is 12.1 Å². The van der Waals surface area contributed by atoms with E-state index in [2.05, 4.69) is 9.97 Å². The number of nitrogens with zero attached hydrogens (tertiary/aromatic N) is 1. The molecule has 0 saturated heterocycles. The van der Waals surface area contributed by atoms with Gasteiger partial charge in [0.25, 0.3) is 5.56 Å². The van der Waals surface area contributed by atoms with Crippen molar-refractivity contribution in [3.05, 3.63) is 83.7 Å². The van der Waals surface area contributed by atoms with Gasteiger partial charge < -0.3 is 9.72 Å². The third-order valence-electron chi connectivity index (χ3n) is 4.60. The highest BCUT2D eigenvalue weighted by Gasteiger charge is 2.16. The summed E-state index contributed by atoms with van der Waals surface area (Å²) < 4.78 is 6.45. The van der Waals surface area contributed by atoms with Gasteiger partial charge in [0.2, 0.25) is 5.43 Å². The molecule has 4 aromatic rings. The maximum atomic E-state index is 13.2. The van der Waals surface area contributed by atoms with Crippen molar-refractivity contribution in [2.45, 2.75) is 19.9 Å². The van der Waals surface area contributed by atoms with Crippen molar-refractivity contribution in [3.63, 3.8) is 0 Å². The summed E-state index contributed by atoms with van der Waals surface area (Å²) in [6.07, 6.45) is 2.23. The topological polar surface area (TPSA) is 96.9 Å². The zero-order valence-electron chi connectivity index (χ0n) is 16.0. The quantitative estimate of drug-likeness (QED) is 0.475. The molecule has 0 aliphatic rings. The van der Waals surface area contributed by atoms with Crippen molar-refractivity contribution in [2.24, 2.45) is 0 Å². The third-order valence-corrected chi connectivity index (χ3v) is 5.75. The fourth-order valence-electron chi connectivity index (χ4n) is 3.13. The Balaban J connectivity index is 1.76. The Bertz CT molecular complexity index is 1380. The molecule has 0 saturated carbocycles. The molecule has 0 unspecified atom stereocenters. The molecular weight excluding hydrogens is 426 g/mol. The van der Waals surface area contributed by atoms with Gasteiger partial charge in [-0.1, -0.05) is 30.7 Å². The minimum atomic E-state index is -0.538. The molecule has 30 heavy (non-hydrogen) atoms. The van der Waals surface area contributed by atoms with Crippen molar-refractivity contribution in [1.82, 2.24) is 14.5 Å². The van der Waals surface area contributed by atoms with Gasteiger partial charge in [0.1, 0.15) is 4.83 Å². The SMILES string of the molecule is CCCOc1c[nH]c(Cn2c(=O)[nH]c3scc(-c4ccc(Cl)cc4)c3c2=O)cc1=O. The zero-order chi connectivity index (χ0) is 21.3. The predicted molar refractivity (Wildman–Crippen MR) is 119 cm³/mol. The second-order valence-electron chi connectivity index (χ2n) is 6.72. The van der Waals surface area contributed by atoms with Gasteiger partial charge in [-0.25, -0.2) is 4.79 Å². The van der Waals surface area contributed by atoms with Gasteiger partial charge in [0.15, 0.2) is 5.75 Å². The highest BCUT2D eigenvalue weighted by atomic mass is 35.5. The van der Waals surface area contributed by atoms with Crippen LogP contribution in [0.5, 0.6) is 5.75 Å². The van der Waals surface area contributed by atoms with E-state index >= 15 is 0 Å². The average molecular weight is 444 g/mol. The van der Waals surface area contributed by atoms with Crippen LogP contribution in [-0.4, -0.2) is 21.1 Å². The smallest absolute Gasteiger partial charge is 0.329 e. The predicted octanol–water partition coefficient (Wildman–Crippen LogP) is 3.60. The molecule has 0 atom stereocenters. The lowest BCUT2D eigenvalue weighted by atomic mass is 10.1. The van der Waals surface area contributed by atoms with E-state index in [9.17, 15) is 14.4 Å². The summed E-state index contributed by atoms with van der Waals surface area (Å²) in [5, 5.41) is 2.85. The number of nitrogens with one attached hydrogen (secondary N) is 2. The number of rotatable bonds is 6. The number of aromatic nitrogens is 3. The maximum absolute atomic E-state index is 13.2. The maximum Gasteiger partial charge on any atom is 0.329 e. The second kappa shape index (κ2) is 8.33. The number of hydrogen-bond acceptors (Lipinski definition) is 5. The van der Waals surface area contributed by atoms with Crippen LogP contribution in [0.2, 0.25) is 5.02 Å². The number of benzene rings is 1. The van der Waals surface area contributed by atoms with Crippen LogP contribution < -0.4 is 21.4 Å². The first kappa shape index (κ1) is 20.2. The Labute approximate surface area is 179 Å². The second-order valence-corrected chi connectivity index (χ2v) is 8.03. The van der Waals surface area contributed by atoms with E-state index < -0.39 is 11.2 Å². The molecule has 4 rings (SSSR count). The molecule has 9 heteroatoms. The average Bonchev–Trinajstić information content (AvgIpc) is 3.15. The Morgan fingerprint density at radius 1 is 1.17 bits per heavy atom. The minimum Gasteiger partial charge on any atom is -0.488 e. The van der Waals surface area contributed by atoms with Crippen LogP contribution in [-0.2, 0) is 6.54 Å². The number of aromatic amines is 2. The summed E-state index contributed by atoms with van der Waals surface area (Å²) in [5.74, 6) is 0.208. The number of fused-ring (bicyclic) bond motifs is 1. The van der Waals surface area contributed by atoms with Crippen LogP contribution in [0.25, 0.3) is 21.3 Å². The molecule has 0 amide bonds. The van der Waals surface area contributed by atoms with Crippen molar-refractivity contribution < 1.29 is 4.74 Å². The molecule has 0 aliphatic carbocycles. The monoisotopic (exact) mass is 443 g/mol. The largest absolute Gasteiger partial charge is 0.488 e. The molecule has 3 heterocycles. The van der Waals surface area contributed by atoms with Gasteiger partial charge in [-0.15, -0.1) is 11.3 Å². The van der Waals surface area contributed by atoms with Gasteiger partial charge in [-0.05, 0) is 24.1 Å². The van der Waals surface area contributed by atoms with Crippen molar-refractivity contribution in [2.75, 3.05) is 6.61 Å². The van der Waals surface area contributed by atoms with Crippen LogP contribution in [0.4, 0.5) is 0 Å². The minimum absolute atomic E-state index is 0.0662. The van der Waals surface area contributed by atoms with Gasteiger partial charge >= 0.3 is 5.69 Å². The van der Waals surface area contributed by atoms with E-state index in [0.29, 0.717) is 27.5 Å². The highest BCUT2D eigenvalue weighted by Crippen LogP contribution is 2.30. The summed E-state index contributed by atoms with van der Waals surface area (Å²) in [4.78, 5) is 44.1. The zero-order valence-corrected chi connectivity index (χ0v) is 17.6. The van der Waals surface area contributed by atoms with Gasteiger partial charge in [-0.3, -0.25) is 19.1 Å². The molecule has 0 bridgehead atoms. The first-order chi connectivity index (χ1) is 14.5. The number of thiophene rings is 1. The fraction of sp³-hybridized carbons (Fsp3) is 0.190. The lowest BCUT2D eigenvalue weighted by molar-refractivity contribution is 0.313. The lowest BCUT2D eigenvalue weighted by Gasteiger charge is -2.08. The van der Waals surface area contributed by atoms with Crippen molar-refractivity contribution in [3.8, 4) is 16.9 Å². The van der Waals surface area contributed by atoms with E-state index in [-0.39, 0.29) is 17.7 Å². The van der Waals surface area contributed by atoms with Crippen LogP contribution in [0.3, 0.4) is 0 Å². The van der Waals surface area contributed by atoms with Crippen molar-refractivity contribution in [1.29, 1.82) is 0 Å². The molecular formula is C21H18ClN3O4S. The molecule has 0 aliphatic heterocycles. The van der Waals surface area contributed by atoms with E-state index in [1.165, 1.54) is 23.6 Å². The molecule has 3 aromatic heterocycles. The molecule has 2 N–H and O–H groups in total. The first-order valence-electron chi connectivity index (χ1n) is 9.32. The van der Waals surface area contributed by atoms with Gasteiger partial charge in [-0.2, -0.15) is 0 Å². The molecule has 0 fully saturated rings. The first-order valence-corrected chi connectivity index (χ1v) is 10.6. The summed E-state index contributed by atoms with van der Waals surface area (Å²) in [5.41, 5.74) is 0.709. The van der Waals surface area contributed by atoms with Gasteiger partial charge in [0, 0.05) is 33.9 Å². The van der Waals surface area contributed by atoms with E-state index in [1.807, 2.05) is 24.4 Å². The third kappa shape index (κ3) is 3.83. The van der Waals surface area contributed by atoms with Crippen LogP contribution in [0.15, 0.2) is 56.3 Å². The normalized spacial score (nSPS) is 11.1. The molecule has 154 valence electrons. The number of ether oxygens (including phenoxy) is 1. The lowest BCUT2D eigenvalue weighted by Crippen LogP contribution is -2.35. The summed E-state index contributed by atoms with van der Waals surface area (Å²) in [6, 6.07) is 8.49. The van der Waals surface area contributed by atoms with Crippen LogP contribution >= 0.6 is 22.9 Å². The Kier molecular flexibility index (Phi) is 5.61. The van der Waals surface area contributed by atoms with E-state index in [0.717, 1.165) is 22.1 Å². The summed E-state index contributed by atoms with van der Waals surface area (Å²) in [7, 11) is 0. The van der Waals surface area contributed by atoms with E-state index in [4.69, 9.17) is 16.3 Å². The Hall–Kier alpha value is -3.10. The number of H-pyrrole nitrogens is 2. The highest BCUT2D eigenvalue weighted by molar-refractivity contribution is 7.17. The number of pyridine rings is 1. The van der Waals surface area contributed by atoms with Gasteiger partial charge in [0.05, 0.1) is 18.5 Å². The number of halogens is 1. The van der Waals surface area contributed by atoms with Crippen LogP contribution in [0, 0.1) is 0 Å². The summed E-state index contributed by atoms with van der Waals surface area (Å²) in [6.45, 7) is 2.31. The fourth-order valence-corrected chi connectivity index (χ4v) is 4.20. The Morgan fingerprint density at radius 2 is 1.93 bits per heavy atom. The molecule has 0 radical (unpaired) electrons. The number of hydrogen-bond donors (Lipinski definition) is 2. The standard InChI is InChI=1S/C21H18ClN3O4S/c1-2-7-29-17-9-23-14(8-16(17)26)10-25-20(27)18-15(11-30-19(18)24-21(25)28)12-3-5-13(22)6-4-12/h3-6,8-9,11H,2,7,10H2,1H3,(H,23,26)(H,24,28). The molecule has 0 spiro atoms. The van der Waals surface area contributed by atoms with Crippen LogP contribution in [0.1, 0.15) is 19.0 Å². The van der Waals surface area contributed by atoms with Crippen molar-refractivity contribution >= 4 is 33.2 Å².